The first-order valence-corrected chi connectivity index (χ1v) is 10.7. The number of hydrogen-bond donors (Lipinski definition) is 2. The Kier molecular flexibility index (Phi) is 6.18. The zero-order valence-corrected chi connectivity index (χ0v) is 18.0. The van der Waals surface area contributed by atoms with Gasteiger partial charge in [0.2, 0.25) is 0 Å². The molecule has 2 amide bonds. The minimum absolute atomic E-state index is 0.0104. The van der Waals surface area contributed by atoms with E-state index in [1.54, 1.807) is 19.1 Å². The summed E-state index contributed by atoms with van der Waals surface area (Å²) in [4.78, 5) is 25.8. The molecule has 0 radical (unpaired) electrons. The lowest BCUT2D eigenvalue weighted by molar-refractivity contribution is -0.139. The van der Waals surface area contributed by atoms with E-state index < -0.39 is 29.8 Å². The summed E-state index contributed by atoms with van der Waals surface area (Å²) in [5.74, 6) is -0.624. The molecule has 0 saturated carbocycles. The molecule has 2 aromatic heterocycles. The number of ether oxygens (including phenoxy) is 1. The van der Waals surface area contributed by atoms with Crippen LogP contribution in [0.25, 0.3) is 11.3 Å². The molecule has 1 aliphatic heterocycles. The van der Waals surface area contributed by atoms with E-state index >= 15 is 0 Å². The average molecular weight is 477 g/mol. The number of nitrogens with one attached hydrogen (secondary N) is 2. The summed E-state index contributed by atoms with van der Waals surface area (Å²) >= 11 is 1.36. The molecule has 1 atom stereocenters. The number of alkyl halides is 3. The van der Waals surface area contributed by atoms with Crippen molar-refractivity contribution in [1.82, 2.24) is 25.6 Å². The lowest BCUT2D eigenvalue weighted by Gasteiger charge is -2.28. The zero-order chi connectivity index (χ0) is 23.6. The number of carbonyl (C=O) groups excluding carboxylic acids is 2. The van der Waals surface area contributed by atoms with Crippen LogP contribution in [0, 0.1) is 0 Å². The van der Waals surface area contributed by atoms with Crippen LogP contribution in [0.2, 0.25) is 0 Å². The third-order valence-corrected chi connectivity index (χ3v) is 5.78. The Bertz CT molecular complexity index is 1200. The number of hydrogen-bond acceptors (Lipinski definition) is 6. The summed E-state index contributed by atoms with van der Waals surface area (Å²) < 4.78 is 46.6. The molecule has 0 fully saturated rings. The van der Waals surface area contributed by atoms with Gasteiger partial charge in [-0.2, -0.15) is 13.2 Å². The maximum absolute atomic E-state index is 13.4. The number of amides is 2. The second-order valence-corrected chi connectivity index (χ2v) is 7.98. The number of aromatic nitrogens is 3. The van der Waals surface area contributed by atoms with Crippen LogP contribution in [0.5, 0.6) is 0 Å². The van der Waals surface area contributed by atoms with Crippen molar-refractivity contribution in [3.8, 4) is 11.3 Å². The van der Waals surface area contributed by atoms with Crippen LogP contribution in [-0.2, 0) is 22.3 Å². The predicted octanol–water partition coefficient (Wildman–Crippen LogP) is 3.90. The SMILES string of the molecule is CCOC(=O)C1=C(Cn2cc(-c3ccccc3C(F)(F)F)nn2)NC(=O)NC1c1cccs1. The van der Waals surface area contributed by atoms with Gasteiger partial charge in [0, 0.05) is 10.4 Å². The van der Waals surface area contributed by atoms with Crippen molar-refractivity contribution in [3.63, 3.8) is 0 Å². The maximum atomic E-state index is 13.4. The van der Waals surface area contributed by atoms with Gasteiger partial charge in [0.1, 0.15) is 5.69 Å². The molecule has 0 spiro atoms. The van der Waals surface area contributed by atoms with Crippen LogP contribution in [0.1, 0.15) is 23.4 Å². The van der Waals surface area contributed by atoms with E-state index in [4.69, 9.17) is 4.74 Å². The molecule has 8 nitrogen and oxygen atoms in total. The van der Waals surface area contributed by atoms with Gasteiger partial charge in [-0.1, -0.05) is 29.5 Å². The molecule has 0 aliphatic carbocycles. The monoisotopic (exact) mass is 477 g/mol. The van der Waals surface area contributed by atoms with Gasteiger partial charge in [-0.3, -0.25) is 0 Å². The van der Waals surface area contributed by atoms with Crippen molar-refractivity contribution in [2.24, 2.45) is 0 Å². The Morgan fingerprint density at radius 2 is 2.03 bits per heavy atom. The highest BCUT2D eigenvalue weighted by Crippen LogP contribution is 2.36. The lowest BCUT2D eigenvalue weighted by atomic mass is 10.0. The number of urea groups is 1. The highest BCUT2D eigenvalue weighted by molar-refractivity contribution is 7.10. The van der Waals surface area contributed by atoms with E-state index in [0.717, 1.165) is 10.9 Å². The van der Waals surface area contributed by atoms with Gasteiger partial charge in [0.15, 0.2) is 0 Å². The Hall–Kier alpha value is -3.67. The lowest BCUT2D eigenvalue weighted by Crippen LogP contribution is -2.46. The van der Waals surface area contributed by atoms with Crippen molar-refractivity contribution in [3.05, 3.63) is 69.7 Å². The minimum atomic E-state index is -4.56. The van der Waals surface area contributed by atoms with Crippen molar-refractivity contribution < 1.29 is 27.5 Å². The first-order chi connectivity index (χ1) is 15.8. The van der Waals surface area contributed by atoms with Crippen LogP contribution in [0.15, 0.2) is 59.2 Å². The number of nitrogens with zero attached hydrogens (tertiary/aromatic N) is 3. The molecule has 3 heterocycles. The fourth-order valence-electron chi connectivity index (χ4n) is 3.48. The zero-order valence-electron chi connectivity index (χ0n) is 17.2. The quantitative estimate of drug-likeness (QED) is 0.525. The maximum Gasteiger partial charge on any atom is 0.417 e. The first-order valence-electron chi connectivity index (χ1n) is 9.85. The number of halogens is 3. The van der Waals surface area contributed by atoms with Gasteiger partial charge in [-0.05, 0) is 24.4 Å². The van der Waals surface area contributed by atoms with Crippen LogP contribution in [-0.4, -0.2) is 33.6 Å². The van der Waals surface area contributed by atoms with Crippen molar-refractivity contribution >= 4 is 23.3 Å². The molecule has 2 N–H and O–H groups in total. The predicted molar refractivity (Wildman–Crippen MR) is 113 cm³/mol. The fraction of sp³-hybridized carbons (Fsp3) is 0.238. The van der Waals surface area contributed by atoms with E-state index in [1.807, 2.05) is 5.38 Å². The highest BCUT2D eigenvalue weighted by atomic mass is 32.1. The van der Waals surface area contributed by atoms with Gasteiger partial charge in [0.05, 0.1) is 42.2 Å². The molecular formula is C21H18F3N5O3S. The van der Waals surface area contributed by atoms with Crippen molar-refractivity contribution in [1.29, 1.82) is 0 Å². The van der Waals surface area contributed by atoms with Gasteiger partial charge in [-0.25, -0.2) is 14.3 Å². The largest absolute Gasteiger partial charge is 0.463 e. The standard InChI is InChI=1S/C21H18F3N5O3S/c1-2-32-19(30)17-15(25-20(31)26-18(17)16-8-5-9-33-16)11-29-10-14(27-28-29)12-6-3-4-7-13(12)21(22,23)24/h3-10,18H,2,11H2,1H3,(H2,25,26,31). The topological polar surface area (TPSA) is 98.1 Å². The number of rotatable bonds is 6. The van der Waals surface area contributed by atoms with E-state index in [0.29, 0.717) is 0 Å². The van der Waals surface area contributed by atoms with Crippen molar-refractivity contribution in [2.75, 3.05) is 6.61 Å². The second kappa shape index (κ2) is 9.06. The minimum Gasteiger partial charge on any atom is -0.463 e. The van der Waals surface area contributed by atoms with Crippen molar-refractivity contribution in [2.45, 2.75) is 25.7 Å². The summed E-state index contributed by atoms with van der Waals surface area (Å²) in [6, 6.07) is 7.35. The number of thiophene rings is 1. The number of esters is 1. The van der Waals surface area contributed by atoms with Gasteiger partial charge < -0.3 is 15.4 Å². The summed E-state index contributed by atoms with van der Waals surface area (Å²) in [6.45, 7) is 1.68. The van der Waals surface area contributed by atoms with Crippen LogP contribution >= 0.6 is 11.3 Å². The molecule has 33 heavy (non-hydrogen) atoms. The van der Waals surface area contributed by atoms with E-state index in [2.05, 4.69) is 20.9 Å². The normalized spacial score (nSPS) is 16.4. The van der Waals surface area contributed by atoms with Crippen LogP contribution in [0.4, 0.5) is 18.0 Å². The van der Waals surface area contributed by atoms with E-state index in [-0.39, 0.29) is 35.7 Å². The Balaban J connectivity index is 1.71. The first kappa shape index (κ1) is 22.5. The van der Waals surface area contributed by atoms with Gasteiger partial charge in [0.25, 0.3) is 0 Å². The Morgan fingerprint density at radius 1 is 1.24 bits per heavy atom. The number of carbonyl (C=O) groups is 2. The van der Waals surface area contributed by atoms with E-state index in [1.165, 1.54) is 40.4 Å². The number of allylic oxidation sites excluding steroid dienone is 1. The third-order valence-electron chi connectivity index (χ3n) is 4.84. The summed E-state index contributed by atoms with van der Waals surface area (Å²) in [6.07, 6.45) is -3.23. The number of benzene rings is 1. The van der Waals surface area contributed by atoms with Crippen LogP contribution < -0.4 is 10.6 Å². The molecule has 0 bridgehead atoms. The third kappa shape index (κ3) is 4.75. The molecule has 0 saturated heterocycles. The molecule has 12 heteroatoms. The molecule has 1 unspecified atom stereocenters. The molecule has 1 aromatic carbocycles. The molecule has 172 valence electrons. The molecule has 3 aromatic rings. The second-order valence-electron chi connectivity index (χ2n) is 7.00. The van der Waals surface area contributed by atoms with Gasteiger partial charge >= 0.3 is 18.2 Å². The van der Waals surface area contributed by atoms with E-state index in [9.17, 15) is 22.8 Å². The molecule has 1 aliphatic rings. The summed E-state index contributed by atoms with van der Waals surface area (Å²) in [5.41, 5.74) is -0.544. The van der Waals surface area contributed by atoms with Crippen LogP contribution in [0.3, 0.4) is 0 Å². The average Bonchev–Trinajstić information content (AvgIpc) is 3.45. The Labute approximate surface area is 190 Å². The fourth-order valence-corrected chi connectivity index (χ4v) is 4.26. The molecule has 4 rings (SSSR count). The molecular weight excluding hydrogens is 459 g/mol. The van der Waals surface area contributed by atoms with Gasteiger partial charge in [-0.15, -0.1) is 16.4 Å². The highest BCUT2D eigenvalue weighted by Gasteiger charge is 2.35. The summed E-state index contributed by atoms with van der Waals surface area (Å²) in [5, 5.41) is 14.9. The Morgan fingerprint density at radius 3 is 2.73 bits per heavy atom. The summed E-state index contributed by atoms with van der Waals surface area (Å²) in [7, 11) is 0. The smallest absolute Gasteiger partial charge is 0.417 e.